The highest BCUT2D eigenvalue weighted by molar-refractivity contribution is 5.77. The molecule has 0 saturated carbocycles. The minimum Gasteiger partial charge on any atom is -0.327 e. The van der Waals surface area contributed by atoms with Crippen molar-refractivity contribution in [3.63, 3.8) is 0 Å². The van der Waals surface area contributed by atoms with Gasteiger partial charge < -0.3 is 5.73 Å². The molecule has 0 unspecified atom stereocenters. The average molecular weight is 195 g/mol. The molecule has 0 rings (SSSR count). The topological polar surface area (TPSA) is 43.1 Å². The van der Waals surface area contributed by atoms with E-state index in [0.717, 1.165) is 18.4 Å². The van der Waals surface area contributed by atoms with Crippen molar-refractivity contribution < 1.29 is 4.79 Å². The molecular formula is C12H21NO. The van der Waals surface area contributed by atoms with Crippen LogP contribution in [0.15, 0.2) is 23.3 Å². The first-order valence-corrected chi connectivity index (χ1v) is 5.07. The highest BCUT2D eigenvalue weighted by Gasteiger charge is 1.94. The summed E-state index contributed by atoms with van der Waals surface area (Å²) in [7, 11) is 0. The zero-order chi connectivity index (χ0) is 11.0. The van der Waals surface area contributed by atoms with E-state index in [0.29, 0.717) is 13.0 Å². The van der Waals surface area contributed by atoms with E-state index in [9.17, 15) is 4.79 Å². The molecule has 2 N–H and O–H groups in total. The minimum absolute atomic E-state index is 0.230. The third kappa shape index (κ3) is 7.74. The molecule has 2 nitrogen and oxygen atoms in total. The Morgan fingerprint density at radius 3 is 2.29 bits per heavy atom. The molecule has 0 saturated heterocycles. The number of hydrogen-bond donors (Lipinski definition) is 1. The third-order valence-electron chi connectivity index (χ3n) is 2.03. The van der Waals surface area contributed by atoms with Crippen LogP contribution in [0.5, 0.6) is 0 Å². The van der Waals surface area contributed by atoms with Crippen molar-refractivity contribution >= 4 is 5.78 Å². The van der Waals surface area contributed by atoms with E-state index >= 15 is 0 Å². The molecule has 0 aromatic carbocycles. The van der Waals surface area contributed by atoms with Crippen LogP contribution in [-0.4, -0.2) is 12.3 Å². The molecule has 0 heterocycles. The van der Waals surface area contributed by atoms with Gasteiger partial charge in [-0.25, -0.2) is 0 Å². The smallest absolute Gasteiger partial charge is 0.133 e. The van der Waals surface area contributed by atoms with Crippen molar-refractivity contribution in [3.8, 4) is 0 Å². The standard InChI is InChI=1S/C12H21NO/c1-10(7-8-13)5-4-6-11(2)9-12(3)14/h6-7H,4-5,8-9,13H2,1-3H3/b10-7+,11-6+. The molecule has 0 atom stereocenters. The summed E-state index contributed by atoms with van der Waals surface area (Å²) < 4.78 is 0. The number of carbonyl (C=O) groups is 1. The molecule has 0 aliphatic heterocycles. The van der Waals surface area contributed by atoms with Gasteiger partial charge in [0.15, 0.2) is 0 Å². The second-order valence-corrected chi connectivity index (χ2v) is 3.75. The molecular weight excluding hydrogens is 174 g/mol. The summed E-state index contributed by atoms with van der Waals surface area (Å²) in [4.78, 5) is 10.8. The summed E-state index contributed by atoms with van der Waals surface area (Å²) in [5, 5.41) is 0. The zero-order valence-corrected chi connectivity index (χ0v) is 9.47. The van der Waals surface area contributed by atoms with Crippen molar-refractivity contribution in [3.05, 3.63) is 23.3 Å². The van der Waals surface area contributed by atoms with Gasteiger partial charge in [0.2, 0.25) is 0 Å². The third-order valence-corrected chi connectivity index (χ3v) is 2.03. The number of carbonyl (C=O) groups excluding carboxylic acids is 1. The lowest BCUT2D eigenvalue weighted by Gasteiger charge is -1.99. The lowest BCUT2D eigenvalue weighted by molar-refractivity contribution is -0.116. The number of nitrogens with two attached hydrogens (primary N) is 1. The number of Topliss-reactive ketones (excluding diaryl/α,β-unsaturated/α-hetero) is 1. The molecule has 0 aromatic heterocycles. The second-order valence-electron chi connectivity index (χ2n) is 3.75. The largest absolute Gasteiger partial charge is 0.327 e. The fourth-order valence-corrected chi connectivity index (χ4v) is 1.31. The number of allylic oxidation sites excluding steroid dienone is 3. The molecule has 0 radical (unpaired) electrons. The van der Waals surface area contributed by atoms with E-state index in [1.54, 1.807) is 6.92 Å². The van der Waals surface area contributed by atoms with Gasteiger partial charge in [-0.3, -0.25) is 4.79 Å². The highest BCUT2D eigenvalue weighted by atomic mass is 16.1. The molecule has 0 aliphatic rings. The summed E-state index contributed by atoms with van der Waals surface area (Å²) >= 11 is 0. The molecule has 0 aliphatic carbocycles. The lowest BCUT2D eigenvalue weighted by atomic mass is 10.1. The van der Waals surface area contributed by atoms with Crippen LogP contribution in [0.2, 0.25) is 0 Å². The van der Waals surface area contributed by atoms with E-state index in [1.807, 2.05) is 13.0 Å². The quantitative estimate of drug-likeness (QED) is 0.662. The Kier molecular flexibility index (Phi) is 7.03. The molecule has 0 spiro atoms. The molecule has 0 aromatic rings. The van der Waals surface area contributed by atoms with Crippen LogP contribution >= 0.6 is 0 Å². The second kappa shape index (κ2) is 7.51. The van der Waals surface area contributed by atoms with Gasteiger partial charge in [-0.15, -0.1) is 0 Å². The lowest BCUT2D eigenvalue weighted by Crippen LogP contribution is -1.94. The zero-order valence-electron chi connectivity index (χ0n) is 9.47. The molecule has 14 heavy (non-hydrogen) atoms. The fraction of sp³-hybridized carbons (Fsp3) is 0.583. The van der Waals surface area contributed by atoms with Gasteiger partial charge in [-0.1, -0.05) is 23.3 Å². The normalized spacial score (nSPS) is 13.1. The van der Waals surface area contributed by atoms with Crippen LogP contribution in [0, 0.1) is 0 Å². The van der Waals surface area contributed by atoms with Crippen molar-refractivity contribution in [1.29, 1.82) is 0 Å². The molecule has 2 heteroatoms. The number of ketones is 1. The van der Waals surface area contributed by atoms with E-state index in [2.05, 4.69) is 13.0 Å². The molecule has 0 amide bonds. The summed E-state index contributed by atoms with van der Waals surface area (Å²) in [6.45, 7) is 6.32. The number of rotatable bonds is 6. The van der Waals surface area contributed by atoms with E-state index in [4.69, 9.17) is 5.73 Å². The van der Waals surface area contributed by atoms with E-state index < -0.39 is 0 Å². The molecule has 80 valence electrons. The average Bonchev–Trinajstić information content (AvgIpc) is 2.02. The van der Waals surface area contributed by atoms with Crippen LogP contribution in [-0.2, 0) is 4.79 Å². The maximum absolute atomic E-state index is 10.8. The molecule has 0 bridgehead atoms. The first kappa shape index (κ1) is 13.1. The summed E-state index contributed by atoms with van der Waals surface area (Å²) in [6.07, 6.45) is 6.79. The predicted molar refractivity (Wildman–Crippen MR) is 61.1 cm³/mol. The van der Waals surface area contributed by atoms with Crippen LogP contribution in [0.25, 0.3) is 0 Å². The SMILES string of the molecule is CC(=O)C/C(C)=C/CC/C(C)=C/CN. The molecule has 0 fully saturated rings. The summed E-state index contributed by atoms with van der Waals surface area (Å²) in [6, 6.07) is 0. The van der Waals surface area contributed by atoms with Crippen LogP contribution < -0.4 is 5.73 Å². The van der Waals surface area contributed by atoms with Gasteiger partial charge in [0.05, 0.1) is 0 Å². The van der Waals surface area contributed by atoms with Gasteiger partial charge >= 0.3 is 0 Å². The monoisotopic (exact) mass is 195 g/mol. The first-order valence-electron chi connectivity index (χ1n) is 5.07. The van der Waals surface area contributed by atoms with Gasteiger partial charge in [-0.2, -0.15) is 0 Å². The predicted octanol–water partition coefficient (Wildman–Crippen LogP) is 2.60. The van der Waals surface area contributed by atoms with Crippen molar-refractivity contribution in [1.82, 2.24) is 0 Å². The Bertz CT molecular complexity index is 239. The maximum Gasteiger partial charge on any atom is 0.133 e. The van der Waals surface area contributed by atoms with Gasteiger partial charge in [0.25, 0.3) is 0 Å². The highest BCUT2D eigenvalue weighted by Crippen LogP contribution is 2.08. The van der Waals surface area contributed by atoms with Crippen LogP contribution in [0.3, 0.4) is 0 Å². The Labute approximate surface area is 86.9 Å². The van der Waals surface area contributed by atoms with Crippen molar-refractivity contribution in [2.45, 2.75) is 40.0 Å². The Morgan fingerprint density at radius 2 is 1.79 bits per heavy atom. The number of hydrogen-bond acceptors (Lipinski definition) is 2. The van der Waals surface area contributed by atoms with Gasteiger partial charge in [0.1, 0.15) is 5.78 Å². The summed E-state index contributed by atoms with van der Waals surface area (Å²) in [5.74, 6) is 0.230. The summed E-state index contributed by atoms with van der Waals surface area (Å²) in [5.41, 5.74) is 7.87. The van der Waals surface area contributed by atoms with Crippen molar-refractivity contribution in [2.24, 2.45) is 5.73 Å². The maximum atomic E-state index is 10.8. The van der Waals surface area contributed by atoms with Gasteiger partial charge in [0, 0.05) is 13.0 Å². The van der Waals surface area contributed by atoms with Crippen molar-refractivity contribution in [2.75, 3.05) is 6.54 Å². The Balaban J connectivity index is 3.81. The van der Waals surface area contributed by atoms with Crippen LogP contribution in [0.4, 0.5) is 0 Å². The fourth-order valence-electron chi connectivity index (χ4n) is 1.31. The Hall–Kier alpha value is -0.890. The Morgan fingerprint density at radius 1 is 1.14 bits per heavy atom. The van der Waals surface area contributed by atoms with Gasteiger partial charge in [-0.05, 0) is 33.6 Å². The van der Waals surface area contributed by atoms with E-state index in [-0.39, 0.29) is 5.78 Å². The minimum atomic E-state index is 0.230. The van der Waals surface area contributed by atoms with E-state index in [1.165, 1.54) is 5.57 Å². The first-order chi connectivity index (χ1) is 6.56. The van der Waals surface area contributed by atoms with Crippen LogP contribution in [0.1, 0.15) is 40.0 Å².